The van der Waals surface area contributed by atoms with Gasteiger partial charge in [0.2, 0.25) is 0 Å². The molecule has 0 aliphatic carbocycles. The Morgan fingerprint density at radius 1 is 1.24 bits per heavy atom. The van der Waals surface area contributed by atoms with E-state index >= 15 is 0 Å². The molecule has 0 fully saturated rings. The Hall–Kier alpha value is -1.80. The molecule has 0 spiro atoms. The zero-order valence-electron chi connectivity index (χ0n) is 11.3. The normalized spacial score (nSPS) is 13.0. The number of methoxy groups -OCH3 is 2. The quantitative estimate of drug-likeness (QED) is 0.940. The lowest BCUT2D eigenvalue weighted by atomic mass is 10.1. The van der Waals surface area contributed by atoms with Crippen molar-refractivity contribution in [1.29, 1.82) is 0 Å². The molecule has 114 valence electrons. The van der Waals surface area contributed by atoms with Gasteiger partial charge in [-0.15, -0.1) is 11.3 Å². The molecule has 0 saturated heterocycles. The first kappa shape index (κ1) is 15.6. The van der Waals surface area contributed by atoms with Gasteiger partial charge in [0.05, 0.1) is 20.3 Å². The van der Waals surface area contributed by atoms with Gasteiger partial charge in [-0.2, -0.15) is 13.2 Å². The van der Waals surface area contributed by atoms with Crippen molar-refractivity contribution in [3.63, 3.8) is 0 Å². The maximum absolute atomic E-state index is 12.6. The number of ether oxygens (including phenoxy) is 2. The van der Waals surface area contributed by atoms with Crippen LogP contribution in [0.15, 0.2) is 24.4 Å². The Kier molecular flexibility index (Phi) is 4.38. The number of rotatable bonds is 4. The van der Waals surface area contributed by atoms with Crippen LogP contribution in [0.25, 0.3) is 0 Å². The van der Waals surface area contributed by atoms with Gasteiger partial charge in [-0.25, -0.2) is 4.98 Å². The molecule has 1 heterocycles. The minimum Gasteiger partial charge on any atom is -0.497 e. The summed E-state index contributed by atoms with van der Waals surface area (Å²) in [6.07, 6.45) is -3.32. The van der Waals surface area contributed by atoms with Gasteiger partial charge < -0.3 is 15.2 Å². The number of nitrogens with two attached hydrogens (primary N) is 1. The van der Waals surface area contributed by atoms with Crippen LogP contribution in [0.5, 0.6) is 11.5 Å². The second-order valence-corrected chi connectivity index (χ2v) is 5.21. The molecule has 0 amide bonds. The summed E-state index contributed by atoms with van der Waals surface area (Å²) in [7, 11) is 2.96. The van der Waals surface area contributed by atoms with Crippen LogP contribution in [0.2, 0.25) is 0 Å². The highest BCUT2D eigenvalue weighted by Gasteiger charge is 2.35. The van der Waals surface area contributed by atoms with Crippen LogP contribution in [-0.4, -0.2) is 19.2 Å². The van der Waals surface area contributed by atoms with Crippen molar-refractivity contribution in [2.24, 2.45) is 5.73 Å². The van der Waals surface area contributed by atoms with Crippen LogP contribution in [0.4, 0.5) is 13.2 Å². The predicted octanol–water partition coefficient (Wildman–Crippen LogP) is 3.23. The third kappa shape index (κ3) is 3.27. The van der Waals surface area contributed by atoms with Gasteiger partial charge in [-0.1, -0.05) is 0 Å². The highest BCUT2D eigenvalue weighted by atomic mass is 32.1. The highest BCUT2D eigenvalue weighted by Crippen LogP contribution is 2.37. The first-order chi connectivity index (χ1) is 9.86. The SMILES string of the molecule is COc1ccc(C(N)c2cnc(C(F)(F)F)s2)c(OC)c1. The molecule has 8 heteroatoms. The van der Waals surface area contributed by atoms with E-state index in [2.05, 4.69) is 4.98 Å². The van der Waals surface area contributed by atoms with Crippen LogP contribution in [0.1, 0.15) is 21.5 Å². The van der Waals surface area contributed by atoms with E-state index in [4.69, 9.17) is 15.2 Å². The van der Waals surface area contributed by atoms with Crippen LogP contribution in [-0.2, 0) is 6.18 Å². The van der Waals surface area contributed by atoms with Gasteiger partial charge >= 0.3 is 6.18 Å². The fourth-order valence-corrected chi connectivity index (χ4v) is 2.59. The summed E-state index contributed by atoms with van der Waals surface area (Å²) in [5, 5.41) is -0.916. The fourth-order valence-electron chi connectivity index (χ4n) is 1.79. The monoisotopic (exact) mass is 318 g/mol. The molecule has 21 heavy (non-hydrogen) atoms. The lowest BCUT2D eigenvalue weighted by Gasteiger charge is -2.15. The minimum atomic E-state index is -4.47. The van der Waals surface area contributed by atoms with Gasteiger partial charge in [-0.05, 0) is 12.1 Å². The Morgan fingerprint density at radius 2 is 1.95 bits per heavy atom. The number of alkyl halides is 3. The summed E-state index contributed by atoms with van der Waals surface area (Å²) < 4.78 is 48.0. The number of hydrogen-bond acceptors (Lipinski definition) is 5. The molecule has 1 unspecified atom stereocenters. The van der Waals surface area contributed by atoms with E-state index in [1.807, 2.05) is 0 Å². The number of benzene rings is 1. The Balaban J connectivity index is 2.35. The average Bonchev–Trinajstić information content (AvgIpc) is 2.95. The maximum Gasteiger partial charge on any atom is 0.443 e. The predicted molar refractivity (Wildman–Crippen MR) is 72.7 cm³/mol. The molecule has 2 aromatic rings. The summed E-state index contributed by atoms with van der Waals surface area (Å²) in [5.41, 5.74) is 6.59. The smallest absolute Gasteiger partial charge is 0.443 e. The molecule has 4 nitrogen and oxygen atoms in total. The van der Waals surface area contributed by atoms with Crippen molar-refractivity contribution in [2.75, 3.05) is 14.2 Å². The first-order valence-corrected chi connectivity index (χ1v) is 6.69. The Labute approximate surface area is 123 Å². The van der Waals surface area contributed by atoms with E-state index in [9.17, 15) is 13.2 Å². The van der Waals surface area contributed by atoms with E-state index in [0.29, 0.717) is 33.3 Å². The summed E-state index contributed by atoms with van der Waals surface area (Å²) in [4.78, 5) is 3.68. The third-order valence-electron chi connectivity index (χ3n) is 2.85. The first-order valence-electron chi connectivity index (χ1n) is 5.87. The number of nitrogens with zero attached hydrogens (tertiary/aromatic N) is 1. The van der Waals surface area contributed by atoms with Crippen LogP contribution in [0.3, 0.4) is 0 Å². The van der Waals surface area contributed by atoms with Gasteiger partial charge in [0.1, 0.15) is 11.5 Å². The molecular weight excluding hydrogens is 305 g/mol. The van der Waals surface area contributed by atoms with E-state index < -0.39 is 17.2 Å². The highest BCUT2D eigenvalue weighted by molar-refractivity contribution is 7.11. The summed E-state index contributed by atoms with van der Waals surface area (Å²) in [6.45, 7) is 0. The van der Waals surface area contributed by atoms with Crippen molar-refractivity contribution in [2.45, 2.75) is 12.2 Å². The molecule has 0 aliphatic heterocycles. The lowest BCUT2D eigenvalue weighted by molar-refractivity contribution is -0.137. The van der Waals surface area contributed by atoms with E-state index in [1.54, 1.807) is 18.2 Å². The zero-order valence-corrected chi connectivity index (χ0v) is 12.1. The van der Waals surface area contributed by atoms with Crippen molar-refractivity contribution in [3.8, 4) is 11.5 Å². The van der Waals surface area contributed by atoms with Gasteiger partial charge in [0, 0.05) is 22.7 Å². The molecule has 0 radical (unpaired) electrons. The van der Waals surface area contributed by atoms with Gasteiger partial charge in [0.15, 0.2) is 5.01 Å². The molecule has 0 aliphatic rings. The van der Waals surface area contributed by atoms with Crippen molar-refractivity contribution in [1.82, 2.24) is 4.98 Å². The Morgan fingerprint density at radius 3 is 2.48 bits per heavy atom. The van der Waals surface area contributed by atoms with Gasteiger partial charge in [0.25, 0.3) is 0 Å². The summed E-state index contributed by atoms with van der Waals surface area (Å²) in [5.74, 6) is 1.02. The maximum atomic E-state index is 12.6. The molecule has 0 bridgehead atoms. The molecule has 2 N–H and O–H groups in total. The standard InChI is InChI=1S/C13H13F3N2O2S/c1-19-7-3-4-8(9(5-7)20-2)11(17)10-6-18-12(21-10)13(14,15)16/h3-6,11H,17H2,1-2H3. The third-order valence-corrected chi connectivity index (χ3v) is 3.97. The molecular formula is C13H13F3N2O2S. The minimum absolute atomic E-state index is 0.311. The number of hydrogen-bond donors (Lipinski definition) is 1. The number of aromatic nitrogens is 1. The number of thiazole rings is 1. The summed E-state index contributed by atoms with van der Waals surface area (Å²) >= 11 is 0.524. The van der Waals surface area contributed by atoms with Crippen LogP contribution in [0, 0.1) is 0 Å². The zero-order chi connectivity index (χ0) is 15.6. The molecule has 2 rings (SSSR count). The molecule has 1 aromatic heterocycles. The summed E-state index contributed by atoms with van der Waals surface area (Å²) in [6, 6.07) is 4.21. The molecule has 0 saturated carbocycles. The average molecular weight is 318 g/mol. The van der Waals surface area contributed by atoms with E-state index in [0.717, 1.165) is 6.20 Å². The van der Waals surface area contributed by atoms with Crippen molar-refractivity contribution < 1.29 is 22.6 Å². The second-order valence-electron chi connectivity index (χ2n) is 4.15. The molecule has 1 atom stereocenters. The second kappa shape index (κ2) is 5.90. The largest absolute Gasteiger partial charge is 0.497 e. The number of halogens is 3. The van der Waals surface area contributed by atoms with Crippen molar-refractivity contribution >= 4 is 11.3 Å². The van der Waals surface area contributed by atoms with Crippen LogP contribution < -0.4 is 15.2 Å². The van der Waals surface area contributed by atoms with E-state index in [-0.39, 0.29) is 0 Å². The van der Waals surface area contributed by atoms with Gasteiger partial charge in [-0.3, -0.25) is 0 Å². The van der Waals surface area contributed by atoms with Crippen LogP contribution >= 0.6 is 11.3 Å². The molecule has 1 aromatic carbocycles. The fraction of sp³-hybridized carbons (Fsp3) is 0.308. The lowest BCUT2D eigenvalue weighted by Crippen LogP contribution is -2.11. The Bertz CT molecular complexity index is 628. The van der Waals surface area contributed by atoms with E-state index in [1.165, 1.54) is 14.2 Å². The van der Waals surface area contributed by atoms with Crippen molar-refractivity contribution in [3.05, 3.63) is 39.8 Å². The topological polar surface area (TPSA) is 57.4 Å².